The third-order valence-corrected chi connectivity index (χ3v) is 4.11. The number of amidine groups is 1. The van der Waals surface area contributed by atoms with E-state index in [1.807, 2.05) is 0 Å². The van der Waals surface area contributed by atoms with Gasteiger partial charge in [0.1, 0.15) is 5.54 Å². The van der Waals surface area contributed by atoms with Gasteiger partial charge in [-0.2, -0.15) is 0 Å². The van der Waals surface area contributed by atoms with Crippen LogP contribution in [0.25, 0.3) is 0 Å². The van der Waals surface area contributed by atoms with Crippen molar-refractivity contribution in [3.05, 3.63) is 0 Å². The Morgan fingerprint density at radius 3 is 2.47 bits per heavy atom. The molecule has 0 spiro atoms. The second-order valence-corrected chi connectivity index (χ2v) is 5.44. The van der Waals surface area contributed by atoms with Crippen LogP contribution in [0.5, 0.6) is 0 Å². The minimum Gasteiger partial charge on any atom is -0.409 e. The first-order chi connectivity index (χ1) is 8.09. The summed E-state index contributed by atoms with van der Waals surface area (Å²) in [7, 11) is 0. The molecule has 1 amide bonds. The quantitative estimate of drug-likeness (QED) is 0.299. The molecule has 0 aromatic rings. The van der Waals surface area contributed by atoms with Crippen LogP contribution in [0, 0.1) is 11.8 Å². The first-order valence-electron chi connectivity index (χ1n) is 6.39. The third-order valence-electron chi connectivity index (χ3n) is 4.11. The Morgan fingerprint density at radius 2 is 2.00 bits per heavy atom. The van der Waals surface area contributed by atoms with E-state index in [2.05, 4.69) is 17.4 Å². The van der Waals surface area contributed by atoms with Crippen molar-refractivity contribution < 1.29 is 10.0 Å². The molecule has 2 unspecified atom stereocenters. The highest BCUT2D eigenvalue weighted by atomic mass is 16.4. The van der Waals surface area contributed by atoms with Crippen LogP contribution in [0.1, 0.15) is 45.4 Å². The predicted molar refractivity (Wildman–Crippen MR) is 64.6 cm³/mol. The molecule has 0 aromatic heterocycles. The molecule has 2 aliphatic rings. The van der Waals surface area contributed by atoms with Gasteiger partial charge in [0.15, 0.2) is 5.84 Å². The number of carbonyl (C=O) groups is 1. The number of nitrogens with one attached hydrogen (secondary N) is 1. The zero-order valence-corrected chi connectivity index (χ0v) is 10.3. The third kappa shape index (κ3) is 2.37. The van der Waals surface area contributed by atoms with Crippen LogP contribution in [-0.2, 0) is 4.79 Å². The largest absolute Gasteiger partial charge is 0.409 e. The highest BCUT2D eigenvalue weighted by Crippen LogP contribution is 2.39. The van der Waals surface area contributed by atoms with Crippen molar-refractivity contribution in [2.24, 2.45) is 22.7 Å². The molecule has 4 N–H and O–H groups in total. The standard InChI is InChI=1S/C12H21N3O2/c1-8-7-9(8)10(16)14-12(11(13)15-17)5-3-2-4-6-12/h8-9,17H,2-7H2,1H3,(H2,13,15)(H,14,16). The molecule has 0 heterocycles. The van der Waals surface area contributed by atoms with E-state index >= 15 is 0 Å². The van der Waals surface area contributed by atoms with Crippen LogP contribution in [0.3, 0.4) is 0 Å². The van der Waals surface area contributed by atoms with Gasteiger partial charge in [0.25, 0.3) is 0 Å². The second-order valence-electron chi connectivity index (χ2n) is 5.44. The smallest absolute Gasteiger partial charge is 0.224 e. The Kier molecular flexibility index (Phi) is 3.26. The van der Waals surface area contributed by atoms with Crippen LogP contribution < -0.4 is 11.1 Å². The molecule has 0 saturated heterocycles. The molecular weight excluding hydrogens is 218 g/mol. The van der Waals surface area contributed by atoms with Crippen molar-refractivity contribution in [2.75, 3.05) is 0 Å². The number of nitrogens with two attached hydrogens (primary N) is 1. The summed E-state index contributed by atoms with van der Waals surface area (Å²) in [5, 5.41) is 15.0. The molecule has 0 aliphatic heterocycles. The summed E-state index contributed by atoms with van der Waals surface area (Å²) in [5.41, 5.74) is 5.17. The molecule has 5 nitrogen and oxygen atoms in total. The van der Waals surface area contributed by atoms with E-state index < -0.39 is 5.54 Å². The molecule has 2 rings (SSSR count). The first-order valence-corrected chi connectivity index (χ1v) is 6.39. The monoisotopic (exact) mass is 239 g/mol. The van der Waals surface area contributed by atoms with Crippen molar-refractivity contribution >= 4 is 11.7 Å². The van der Waals surface area contributed by atoms with Crippen molar-refractivity contribution in [1.29, 1.82) is 0 Å². The van der Waals surface area contributed by atoms with Gasteiger partial charge in [-0.1, -0.05) is 31.3 Å². The van der Waals surface area contributed by atoms with Crippen molar-refractivity contribution in [2.45, 2.75) is 51.0 Å². The zero-order chi connectivity index (χ0) is 12.5. The maximum absolute atomic E-state index is 12.0. The maximum atomic E-state index is 12.0. The molecule has 0 radical (unpaired) electrons. The lowest BCUT2D eigenvalue weighted by Gasteiger charge is -2.36. The number of hydrogen-bond donors (Lipinski definition) is 3. The minimum absolute atomic E-state index is 0.0611. The van der Waals surface area contributed by atoms with Gasteiger partial charge in [0.2, 0.25) is 5.91 Å². The maximum Gasteiger partial charge on any atom is 0.224 e. The molecule has 2 fully saturated rings. The predicted octanol–water partition coefficient (Wildman–Crippen LogP) is 1.21. The molecule has 2 aliphatic carbocycles. The number of carbonyl (C=O) groups excluding carboxylic acids is 1. The van der Waals surface area contributed by atoms with Gasteiger partial charge in [-0.3, -0.25) is 4.79 Å². The number of oxime groups is 1. The average molecular weight is 239 g/mol. The van der Waals surface area contributed by atoms with Gasteiger partial charge >= 0.3 is 0 Å². The van der Waals surface area contributed by atoms with Crippen LogP contribution in [0.15, 0.2) is 5.16 Å². The molecule has 2 atom stereocenters. The number of amides is 1. The number of rotatable bonds is 3. The molecule has 2 saturated carbocycles. The van der Waals surface area contributed by atoms with E-state index in [1.54, 1.807) is 0 Å². The van der Waals surface area contributed by atoms with Gasteiger partial charge in [0, 0.05) is 5.92 Å². The number of hydrogen-bond acceptors (Lipinski definition) is 3. The second kappa shape index (κ2) is 4.55. The van der Waals surface area contributed by atoms with Crippen molar-refractivity contribution in [1.82, 2.24) is 5.32 Å². The Labute approximate surface area is 101 Å². The lowest BCUT2D eigenvalue weighted by Crippen LogP contribution is -2.59. The summed E-state index contributed by atoms with van der Waals surface area (Å²) in [5.74, 6) is 0.813. The van der Waals surface area contributed by atoms with Crippen LogP contribution in [0.4, 0.5) is 0 Å². The van der Waals surface area contributed by atoms with Crippen LogP contribution in [0.2, 0.25) is 0 Å². The molecule has 0 bridgehead atoms. The fourth-order valence-electron chi connectivity index (χ4n) is 2.71. The summed E-state index contributed by atoms with van der Waals surface area (Å²) in [4.78, 5) is 12.0. The molecule has 96 valence electrons. The highest BCUT2D eigenvalue weighted by molar-refractivity contribution is 5.95. The summed E-state index contributed by atoms with van der Waals surface area (Å²) in [6.45, 7) is 2.07. The lowest BCUT2D eigenvalue weighted by atomic mass is 9.80. The molecule has 0 aromatic carbocycles. The molecule has 17 heavy (non-hydrogen) atoms. The molecule has 5 heteroatoms. The summed E-state index contributed by atoms with van der Waals surface area (Å²) in [6, 6.07) is 0. The van der Waals surface area contributed by atoms with E-state index in [4.69, 9.17) is 10.9 Å². The Bertz CT molecular complexity index is 335. The van der Waals surface area contributed by atoms with E-state index in [9.17, 15) is 4.79 Å². The van der Waals surface area contributed by atoms with E-state index in [0.717, 1.165) is 38.5 Å². The van der Waals surface area contributed by atoms with E-state index in [-0.39, 0.29) is 17.7 Å². The van der Waals surface area contributed by atoms with Crippen LogP contribution in [-0.4, -0.2) is 22.5 Å². The van der Waals surface area contributed by atoms with E-state index in [1.165, 1.54) is 0 Å². The summed E-state index contributed by atoms with van der Waals surface area (Å²) < 4.78 is 0. The first kappa shape index (κ1) is 12.2. The van der Waals surface area contributed by atoms with Crippen molar-refractivity contribution in [3.8, 4) is 0 Å². The zero-order valence-electron chi connectivity index (χ0n) is 10.3. The topological polar surface area (TPSA) is 87.7 Å². The summed E-state index contributed by atoms with van der Waals surface area (Å²) in [6.07, 6.45) is 5.67. The molecular formula is C12H21N3O2. The van der Waals surface area contributed by atoms with Gasteiger partial charge in [-0.05, 0) is 25.2 Å². The normalized spacial score (nSPS) is 31.9. The SMILES string of the molecule is CC1CC1C(=O)NC1(/C(N)=N/O)CCCCC1. The Balaban J connectivity index is 2.07. The fourth-order valence-corrected chi connectivity index (χ4v) is 2.71. The van der Waals surface area contributed by atoms with Gasteiger partial charge in [0.05, 0.1) is 0 Å². The van der Waals surface area contributed by atoms with Gasteiger partial charge in [-0.15, -0.1) is 0 Å². The fraction of sp³-hybridized carbons (Fsp3) is 0.833. The Morgan fingerprint density at radius 1 is 1.41 bits per heavy atom. The van der Waals surface area contributed by atoms with Gasteiger partial charge in [-0.25, -0.2) is 0 Å². The van der Waals surface area contributed by atoms with Crippen molar-refractivity contribution in [3.63, 3.8) is 0 Å². The van der Waals surface area contributed by atoms with Gasteiger partial charge < -0.3 is 16.3 Å². The minimum atomic E-state index is -0.605. The summed E-state index contributed by atoms with van der Waals surface area (Å²) >= 11 is 0. The van der Waals surface area contributed by atoms with Crippen LogP contribution >= 0.6 is 0 Å². The Hall–Kier alpha value is -1.26. The average Bonchev–Trinajstić information content (AvgIpc) is 3.06. The van der Waals surface area contributed by atoms with E-state index in [0.29, 0.717) is 5.92 Å². The lowest BCUT2D eigenvalue weighted by molar-refractivity contribution is -0.124. The number of nitrogens with zero attached hydrogens (tertiary/aromatic N) is 1. The highest BCUT2D eigenvalue weighted by Gasteiger charge is 2.44.